The Kier molecular flexibility index (Phi) is 4.04. The van der Waals surface area contributed by atoms with Gasteiger partial charge in [-0.05, 0) is 49.8 Å². The van der Waals surface area contributed by atoms with Crippen LogP contribution in [0.1, 0.15) is 30.9 Å². The predicted octanol–water partition coefficient (Wildman–Crippen LogP) is 1.56. The van der Waals surface area contributed by atoms with Crippen LogP contribution in [0.2, 0.25) is 0 Å². The van der Waals surface area contributed by atoms with Gasteiger partial charge in [-0.3, -0.25) is 10.1 Å². The lowest BCUT2D eigenvalue weighted by molar-refractivity contribution is -0.120. The summed E-state index contributed by atoms with van der Waals surface area (Å²) in [5, 5.41) is 5.24. The van der Waals surface area contributed by atoms with Crippen molar-refractivity contribution in [3.63, 3.8) is 0 Å². The molecule has 0 heterocycles. The van der Waals surface area contributed by atoms with E-state index in [0.717, 1.165) is 18.5 Å². The quantitative estimate of drug-likeness (QED) is 0.772. The minimum absolute atomic E-state index is 0.416. The van der Waals surface area contributed by atoms with Crippen molar-refractivity contribution in [2.45, 2.75) is 38.6 Å². The van der Waals surface area contributed by atoms with Crippen LogP contribution in [0, 0.1) is 0 Å². The molecule has 3 amide bonds. The smallest absolute Gasteiger partial charge is 0.318 e. The van der Waals surface area contributed by atoms with Gasteiger partial charge in [0.15, 0.2) is 0 Å². The molecule has 0 radical (unpaired) electrons. The Morgan fingerprint density at radius 3 is 2.74 bits per heavy atom. The summed E-state index contributed by atoms with van der Waals surface area (Å²) in [6, 6.07) is 4.77. The summed E-state index contributed by atoms with van der Waals surface area (Å²) in [6.07, 6.45) is 4.51. The largest absolute Gasteiger partial charge is 0.374 e. The minimum Gasteiger partial charge on any atom is -0.374 e. The number of anilines is 1. The maximum Gasteiger partial charge on any atom is 0.318 e. The van der Waals surface area contributed by atoms with Crippen molar-refractivity contribution >= 4 is 17.6 Å². The SMILES string of the molecule is C[C@H](Nc1cccc2c1CCCC2)C(=O)NC(N)=O. The maximum atomic E-state index is 11.7. The standard InChI is InChI=1S/C14H19N3O2/c1-9(13(18)17-14(15)19)16-12-8-4-6-10-5-2-3-7-11(10)12/h4,6,8-9,16H,2-3,5,7H2,1H3,(H3,15,17,18,19)/t9-/m0/s1. The molecule has 0 saturated carbocycles. The van der Waals surface area contributed by atoms with Crippen LogP contribution in [-0.2, 0) is 17.6 Å². The third-order valence-corrected chi connectivity index (χ3v) is 3.41. The summed E-state index contributed by atoms with van der Waals surface area (Å²) in [5.74, 6) is -0.416. The molecule has 0 fully saturated rings. The second kappa shape index (κ2) is 5.73. The summed E-state index contributed by atoms with van der Waals surface area (Å²) < 4.78 is 0. The molecule has 5 heteroatoms. The number of aryl methyl sites for hydroxylation is 1. The van der Waals surface area contributed by atoms with Gasteiger partial charge in [-0.2, -0.15) is 0 Å². The van der Waals surface area contributed by atoms with Gasteiger partial charge in [0, 0.05) is 5.69 Å². The van der Waals surface area contributed by atoms with Gasteiger partial charge >= 0.3 is 6.03 Å². The average Bonchev–Trinajstić information content (AvgIpc) is 2.38. The summed E-state index contributed by atoms with van der Waals surface area (Å²) in [7, 11) is 0. The summed E-state index contributed by atoms with van der Waals surface area (Å²) in [6.45, 7) is 1.71. The van der Waals surface area contributed by atoms with E-state index in [0.29, 0.717) is 0 Å². The highest BCUT2D eigenvalue weighted by molar-refractivity contribution is 5.97. The molecule has 0 bridgehead atoms. The van der Waals surface area contributed by atoms with Crippen molar-refractivity contribution in [2.75, 3.05) is 5.32 Å². The second-order valence-electron chi connectivity index (χ2n) is 4.87. The Bertz CT molecular complexity index is 499. The van der Waals surface area contributed by atoms with Crippen LogP contribution in [-0.4, -0.2) is 18.0 Å². The van der Waals surface area contributed by atoms with Gasteiger partial charge in [-0.25, -0.2) is 4.79 Å². The van der Waals surface area contributed by atoms with Gasteiger partial charge in [0.1, 0.15) is 6.04 Å². The van der Waals surface area contributed by atoms with Crippen molar-refractivity contribution < 1.29 is 9.59 Å². The molecule has 1 aromatic carbocycles. The predicted molar refractivity (Wildman–Crippen MR) is 73.9 cm³/mol. The molecule has 1 aliphatic carbocycles. The van der Waals surface area contributed by atoms with Gasteiger partial charge in [0.25, 0.3) is 0 Å². The zero-order valence-corrected chi connectivity index (χ0v) is 11.0. The third kappa shape index (κ3) is 3.24. The second-order valence-corrected chi connectivity index (χ2v) is 4.87. The van der Waals surface area contributed by atoms with Gasteiger partial charge in [0.05, 0.1) is 0 Å². The first-order chi connectivity index (χ1) is 9.08. The number of amides is 3. The van der Waals surface area contributed by atoms with Crippen LogP contribution in [0.3, 0.4) is 0 Å². The van der Waals surface area contributed by atoms with E-state index < -0.39 is 18.0 Å². The number of fused-ring (bicyclic) bond motifs is 1. The number of carbonyl (C=O) groups is 2. The summed E-state index contributed by atoms with van der Waals surface area (Å²) in [5.41, 5.74) is 8.54. The zero-order valence-electron chi connectivity index (χ0n) is 11.0. The minimum atomic E-state index is -0.825. The first-order valence-electron chi connectivity index (χ1n) is 6.55. The topological polar surface area (TPSA) is 84.2 Å². The molecule has 0 unspecified atom stereocenters. The number of imide groups is 1. The molecule has 0 spiro atoms. The number of carbonyl (C=O) groups excluding carboxylic acids is 2. The van der Waals surface area contributed by atoms with E-state index in [1.807, 2.05) is 12.1 Å². The molecule has 2 rings (SSSR count). The van der Waals surface area contributed by atoms with E-state index >= 15 is 0 Å². The molecule has 19 heavy (non-hydrogen) atoms. The van der Waals surface area contributed by atoms with E-state index in [-0.39, 0.29) is 0 Å². The Balaban J connectivity index is 2.10. The molecule has 102 valence electrons. The number of benzene rings is 1. The molecule has 1 aromatic rings. The lowest BCUT2D eigenvalue weighted by atomic mass is 9.90. The fourth-order valence-corrected chi connectivity index (χ4v) is 2.45. The highest BCUT2D eigenvalue weighted by Gasteiger charge is 2.18. The third-order valence-electron chi connectivity index (χ3n) is 3.41. The van der Waals surface area contributed by atoms with E-state index in [1.54, 1.807) is 6.92 Å². The molecule has 1 aliphatic rings. The van der Waals surface area contributed by atoms with E-state index in [9.17, 15) is 9.59 Å². The fourth-order valence-electron chi connectivity index (χ4n) is 2.45. The molecule has 4 N–H and O–H groups in total. The van der Waals surface area contributed by atoms with Crippen LogP contribution >= 0.6 is 0 Å². The Morgan fingerprint density at radius 2 is 2.00 bits per heavy atom. The van der Waals surface area contributed by atoms with Crippen molar-refractivity contribution in [1.82, 2.24) is 5.32 Å². The molecule has 5 nitrogen and oxygen atoms in total. The number of nitrogens with one attached hydrogen (secondary N) is 2. The van der Waals surface area contributed by atoms with Crippen LogP contribution in [0.25, 0.3) is 0 Å². The lowest BCUT2D eigenvalue weighted by Gasteiger charge is -2.22. The number of hydrogen-bond donors (Lipinski definition) is 3. The molecular weight excluding hydrogens is 242 g/mol. The summed E-state index contributed by atoms with van der Waals surface area (Å²) >= 11 is 0. The Hall–Kier alpha value is -2.04. The lowest BCUT2D eigenvalue weighted by Crippen LogP contribution is -2.43. The molecular formula is C14H19N3O2. The van der Waals surface area contributed by atoms with Crippen LogP contribution in [0.4, 0.5) is 10.5 Å². The number of urea groups is 1. The molecule has 0 saturated heterocycles. The van der Waals surface area contributed by atoms with Gasteiger partial charge in [-0.15, -0.1) is 0 Å². The summed E-state index contributed by atoms with van der Waals surface area (Å²) in [4.78, 5) is 22.3. The van der Waals surface area contributed by atoms with E-state index in [4.69, 9.17) is 5.73 Å². The number of primary amides is 1. The first kappa shape index (κ1) is 13.4. The Morgan fingerprint density at radius 1 is 1.26 bits per heavy atom. The number of nitrogens with two attached hydrogens (primary N) is 1. The van der Waals surface area contributed by atoms with Gasteiger partial charge in [0.2, 0.25) is 5.91 Å². The number of rotatable bonds is 3. The molecule has 0 aromatic heterocycles. The van der Waals surface area contributed by atoms with Crippen molar-refractivity contribution in [3.8, 4) is 0 Å². The van der Waals surface area contributed by atoms with Crippen LogP contribution in [0.5, 0.6) is 0 Å². The maximum absolute atomic E-state index is 11.7. The van der Waals surface area contributed by atoms with E-state index in [1.165, 1.54) is 24.0 Å². The van der Waals surface area contributed by atoms with Crippen LogP contribution in [0.15, 0.2) is 18.2 Å². The molecule has 0 aliphatic heterocycles. The van der Waals surface area contributed by atoms with E-state index in [2.05, 4.69) is 16.7 Å². The van der Waals surface area contributed by atoms with Crippen molar-refractivity contribution in [3.05, 3.63) is 29.3 Å². The van der Waals surface area contributed by atoms with Gasteiger partial charge < -0.3 is 11.1 Å². The van der Waals surface area contributed by atoms with Gasteiger partial charge in [-0.1, -0.05) is 12.1 Å². The van der Waals surface area contributed by atoms with Crippen molar-refractivity contribution in [1.29, 1.82) is 0 Å². The normalized spacial score (nSPS) is 15.2. The first-order valence-corrected chi connectivity index (χ1v) is 6.55. The zero-order chi connectivity index (χ0) is 13.8. The highest BCUT2D eigenvalue weighted by atomic mass is 16.2. The highest BCUT2D eigenvalue weighted by Crippen LogP contribution is 2.28. The monoisotopic (exact) mass is 261 g/mol. The Labute approximate surface area is 112 Å². The number of hydrogen-bond acceptors (Lipinski definition) is 3. The van der Waals surface area contributed by atoms with Crippen molar-refractivity contribution in [2.24, 2.45) is 5.73 Å². The fraction of sp³-hybridized carbons (Fsp3) is 0.429. The molecule has 1 atom stereocenters. The van der Waals surface area contributed by atoms with Crippen LogP contribution < -0.4 is 16.4 Å². The average molecular weight is 261 g/mol.